The molecular weight excluding hydrogens is 412 g/mol. The third-order valence-corrected chi connectivity index (χ3v) is 5.78. The topological polar surface area (TPSA) is 76.7 Å². The largest absolute Gasteiger partial charge is 0.496 e. The lowest BCUT2D eigenvalue weighted by Crippen LogP contribution is -2.45. The Morgan fingerprint density at radius 1 is 1.30 bits per heavy atom. The van der Waals surface area contributed by atoms with Crippen molar-refractivity contribution in [1.82, 2.24) is 10.6 Å². The number of nitrogens with one attached hydrogen (secondary N) is 2. The predicted molar refractivity (Wildman–Crippen MR) is 105 cm³/mol. The lowest BCUT2D eigenvalue weighted by Gasteiger charge is -2.31. The second-order valence-electron chi connectivity index (χ2n) is 7.26. The maximum atomic E-state index is 13.0. The van der Waals surface area contributed by atoms with Crippen LogP contribution in [-0.4, -0.2) is 25.2 Å². The van der Waals surface area contributed by atoms with Crippen LogP contribution in [0.3, 0.4) is 0 Å². The van der Waals surface area contributed by atoms with Crippen molar-refractivity contribution in [2.24, 2.45) is 5.92 Å². The molecule has 0 radical (unpaired) electrons. The van der Waals surface area contributed by atoms with Gasteiger partial charge < -0.3 is 20.1 Å². The van der Waals surface area contributed by atoms with E-state index >= 15 is 0 Å². The van der Waals surface area contributed by atoms with Crippen LogP contribution in [0.1, 0.15) is 51.1 Å². The molecule has 3 atom stereocenters. The van der Waals surface area contributed by atoms with Gasteiger partial charge in [0.2, 0.25) is 0 Å². The van der Waals surface area contributed by atoms with Crippen molar-refractivity contribution in [3.63, 3.8) is 0 Å². The highest BCUT2D eigenvalue weighted by molar-refractivity contribution is 9.10. The van der Waals surface area contributed by atoms with Gasteiger partial charge in [-0.25, -0.2) is 9.59 Å². The van der Waals surface area contributed by atoms with Gasteiger partial charge in [-0.1, -0.05) is 19.4 Å². The number of hydrogen-bond donors (Lipinski definition) is 2. The van der Waals surface area contributed by atoms with Gasteiger partial charge in [-0.05, 0) is 65.7 Å². The standard InChI is InChI=1S/C20H25BrN2O4/c1-11-5-4-6-14(9-11)27-19(24)17-12(2)22-20(25)23-18(17)13-7-8-16(26-3)15(21)10-13/h7-8,10-11,14,18H,4-6,9H2,1-3H3,(H2,22,23,25). The second-order valence-corrected chi connectivity index (χ2v) is 8.12. The maximum Gasteiger partial charge on any atom is 0.338 e. The first-order chi connectivity index (χ1) is 12.9. The first kappa shape index (κ1) is 19.7. The Morgan fingerprint density at radius 2 is 2.07 bits per heavy atom. The second kappa shape index (κ2) is 8.33. The minimum Gasteiger partial charge on any atom is -0.496 e. The summed E-state index contributed by atoms with van der Waals surface area (Å²) < 4.78 is 11.8. The molecule has 1 heterocycles. The molecule has 146 valence electrons. The molecule has 1 saturated carbocycles. The first-order valence-electron chi connectivity index (χ1n) is 9.21. The molecule has 2 N–H and O–H groups in total. The third-order valence-electron chi connectivity index (χ3n) is 5.16. The zero-order valence-electron chi connectivity index (χ0n) is 15.8. The zero-order valence-corrected chi connectivity index (χ0v) is 17.4. The maximum absolute atomic E-state index is 13.0. The Bertz CT molecular complexity index is 777. The number of carbonyl (C=O) groups excluding carboxylic acids is 2. The highest BCUT2D eigenvalue weighted by atomic mass is 79.9. The van der Waals surface area contributed by atoms with E-state index in [-0.39, 0.29) is 18.1 Å². The van der Waals surface area contributed by atoms with E-state index in [0.29, 0.717) is 22.9 Å². The number of esters is 1. The van der Waals surface area contributed by atoms with Gasteiger partial charge in [0.1, 0.15) is 11.9 Å². The van der Waals surface area contributed by atoms with Crippen molar-refractivity contribution >= 4 is 27.9 Å². The first-order valence-corrected chi connectivity index (χ1v) is 10.0. The van der Waals surface area contributed by atoms with Crippen molar-refractivity contribution in [3.8, 4) is 5.75 Å². The number of ether oxygens (including phenoxy) is 2. The average molecular weight is 437 g/mol. The lowest BCUT2D eigenvalue weighted by atomic mass is 9.88. The van der Waals surface area contributed by atoms with Crippen molar-refractivity contribution in [1.29, 1.82) is 0 Å². The molecule has 1 aromatic carbocycles. The van der Waals surface area contributed by atoms with E-state index in [0.717, 1.165) is 29.3 Å². The normalized spacial score (nSPS) is 25.5. The molecule has 1 aliphatic heterocycles. The fourth-order valence-corrected chi connectivity index (χ4v) is 4.34. The molecule has 0 spiro atoms. The van der Waals surface area contributed by atoms with E-state index in [2.05, 4.69) is 33.5 Å². The van der Waals surface area contributed by atoms with E-state index in [1.807, 2.05) is 12.1 Å². The van der Waals surface area contributed by atoms with Gasteiger partial charge >= 0.3 is 12.0 Å². The number of hydrogen-bond acceptors (Lipinski definition) is 4. The highest BCUT2D eigenvalue weighted by Crippen LogP contribution is 2.34. The summed E-state index contributed by atoms with van der Waals surface area (Å²) in [5.74, 6) is 0.861. The predicted octanol–water partition coefficient (Wildman–Crippen LogP) is 4.21. The number of rotatable bonds is 4. The summed E-state index contributed by atoms with van der Waals surface area (Å²) >= 11 is 3.46. The zero-order chi connectivity index (χ0) is 19.6. The molecule has 1 aliphatic carbocycles. The molecule has 27 heavy (non-hydrogen) atoms. The SMILES string of the molecule is COc1ccc(C2NC(=O)NC(C)=C2C(=O)OC2CCCC(C)C2)cc1Br. The monoisotopic (exact) mass is 436 g/mol. The molecule has 7 heteroatoms. The number of halogens is 1. The molecule has 1 aromatic rings. The summed E-state index contributed by atoms with van der Waals surface area (Å²) in [5.41, 5.74) is 1.73. The number of allylic oxidation sites excluding steroid dienone is 1. The molecular formula is C20H25BrN2O4. The summed E-state index contributed by atoms with van der Waals surface area (Å²) in [6.07, 6.45) is 3.96. The number of urea groups is 1. The minimum absolute atomic E-state index is 0.0672. The molecule has 0 aromatic heterocycles. The number of benzene rings is 1. The van der Waals surface area contributed by atoms with Crippen LogP contribution in [0.25, 0.3) is 0 Å². The van der Waals surface area contributed by atoms with Crippen LogP contribution in [0, 0.1) is 5.92 Å². The summed E-state index contributed by atoms with van der Waals surface area (Å²) in [5, 5.41) is 5.52. The van der Waals surface area contributed by atoms with E-state index in [1.165, 1.54) is 6.42 Å². The molecule has 0 saturated heterocycles. The molecule has 1 fully saturated rings. The van der Waals surface area contributed by atoms with Gasteiger partial charge in [-0.15, -0.1) is 0 Å². The summed E-state index contributed by atoms with van der Waals surface area (Å²) in [6.45, 7) is 3.91. The minimum atomic E-state index is -0.575. The van der Waals surface area contributed by atoms with Gasteiger partial charge in [-0.2, -0.15) is 0 Å². The van der Waals surface area contributed by atoms with Crippen molar-refractivity contribution < 1.29 is 19.1 Å². The van der Waals surface area contributed by atoms with Gasteiger partial charge in [-0.3, -0.25) is 0 Å². The van der Waals surface area contributed by atoms with Gasteiger partial charge in [0.25, 0.3) is 0 Å². The van der Waals surface area contributed by atoms with Crippen molar-refractivity contribution in [2.45, 2.75) is 51.7 Å². The van der Waals surface area contributed by atoms with Gasteiger partial charge in [0.15, 0.2) is 0 Å². The summed E-state index contributed by atoms with van der Waals surface area (Å²) in [6, 6.07) is 4.57. The van der Waals surface area contributed by atoms with Crippen LogP contribution in [0.15, 0.2) is 33.9 Å². The Kier molecular flexibility index (Phi) is 6.09. The molecule has 2 aliphatic rings. The Hall–Kier alpha value is -2.02. The third kappa shape index (κ3) is 4.46. The molecule has 2 amide bonds. The van der Waals surface area contributed by atoms with Crippen molar-refractivity contribution in [3.05, 3.63) is 39.5 Å². The van der Waals surface area contributed by atoms with Crippen LogP contribution in [0.4, 0.5) is 4.79 Å². The molecule has 0 bridgehead atoms. The van der Waals surface area contributed by atoms with E-state index < -0.39 is 6.04 Å². The quantitative estimate of drug-likeness (QED) is 0.693. The Balaban J connectivity index is 1.87. The van der Waals surface area contributed by atoms with Crippen molar-refractivity contribution in [2.75, 3.05) is 7.11 Å². The van der Waals surface area contributed by atoms with Crippen LogP contribution >= 0.6 is 15.9 Å². The Labute approximate surface area is 167 Å². The van der Waals surface area contributed by atoms with E-state index in [4.69, 9.17) is 9.47 Å². The number of carbonyl (C=O) groups is 2. The smallest absolute Gasteiger partial charge is 0.338 e. The number of methoxy groups -OCH3 is 1. The summed E-state index contributed by atoms with van der Waals surface area (Å²) in [4.78, 5) is 25.0. The van der Waals surface area contributed by atoms with Crippen LogP contribution in [-0.2, 0) is 9.53 Å². The lowest BCUT2D eigenvalue weighted by molar-refractivity contribution is -0.146. The van der Waals surface area contributed by atoms with Crippen LogP contribution in [0.5, 0.6) is 5.75 Å². The number of amides is 2. The van der Waals surface area contributed by atoms with E-state index in [9.17, 15) is 9.59 Å². The van der Waals surface area contributed by atoms with Gasteiger partial charge in [0.05, 0.1) is 23.2 Å². The molecule has 3 unspecified atom stereocenters. The molecule has 3 rings (SSSR count). The van der Waals surface area contributed by atoms with Crippen LogP contribution < -0.4 is 15.4 Å². The highest BCUT2D eigenvalue weighted by Gasteiger charge is 2.34. The van der Waals surface area contributed by atoms with Gasteiger partial charge in [0, 0.05) is 5.70 Å². The summed E-state index contributed by atoms with van der Waals surface area (Å²) in [7, 11) is 1.59. The van der Waals surface area contributed by atoms with E-state index in [1.54, 1.807) is 20.1 Å². The van der Waals surface area contributed by atoms with Crippen LogP contribution in [0.2, 0.25) is 0 Å². The average Bonchev–Trinajstić information content (AvgIpc) is 2.60. The fourth-order valence-electron chi connectivity index (χ4n) is 3.78. The Morgan fingerprint density at radius 3 is 2.74 bits per heavy atom. The fraction of sp³-hybridized carbons (Fsp3) is 0.500. The molecule has 6 nitrogen and oxygen atoms in total.